The van der Waals surface area contributed by atoms with E-state index in [0.29, 0.717) is 0 Å². The smallest absolute Gasteiger partial charge is 0.335 e. The van der Waals surface area contributed by atoms with E-state index in [1.165, 1.54) is 0 Å². The predicted octanol–water partition coefficient (Wildman–Crippen LogP) is 1.86. The molecule has 0 rings (SSSR count). The maximum atomic E-state index is 5.95. The molecule has 0 unspecified atom stereocenters. The normalized spacial score (nSPS) is 14.7. The van der Waals surface area contributed by atoms with Gasteiger partial charge in [0, 0.05) is 21.3 Å². The Labute approximate surface area is 129 Å². The first kappa shape index (κ1) is 20.6. The van der Waals surface area contributed by atoms with Crippen molar-refractivity contribution in [2.24, 2.45) is 0 Å². The van der Waals surface area contributed by atoms with Gasteiger partial charge >= 0.3 is 25.7 Å². The van der Waals surface area contributed by atoms with E-state index < -0.39 is 31.3 Å². The highest BCUT2D eigenvalue weighted by molar-refractivity contribution is 6.67. The maximum Gasteiger partial charge on any atom is 0.335 e. The van der Waals surface area contributed by atoms with Gasteiger partial charge in [0.05, 0.1) is 0 Å². The minimum absolute atomic E-state index is 1.43. The first-order chi connectivity index (χ1) is 8.80. The molecule has 0 aliphatic heterocycles. The summed E-state index contributed by atoms with van der Waals surface area (Å²) in [5, 5.41) is 0. The molecule has 0 aliphatic carbocycles. The van der Waals surface area contributed by atoms with Gasteiger partial charge in [-0.15, -0.1) is 0 Å². The number of rotatable bonds is 9. The lowest BCUT2D eigenvalue weighted by Crippen LogP contribution is -2.59. The van der Waals surface area contributed by atoms with Crippen molar-refractivity contribution >= 4 is 35.9 Å². The molecule has 0 spiro atoms. The molecule has 0 heterocycles. The highest BCUT2D eigenvalue weighted by Crippen LogP contribution is 2.27. The van der Waals surface area contributed by atoms with Crippen LogP contribution in [-0.2, 0) is 26.6 Å². The third-order valence-corrected chi connectivity index (χ3v) is 8.76. The summed E-state index contributed by atoms with van der Waals surface area (Å²) in [7, 11) is 1.09. The number of hydrogen-bond donors (Lipinski definition) is 0. The Balaban J connectivity index is 5.23. The average molecular weight is 356 g/mol. The molecule has 6 nitrogen and oxygen atoms in total. The predicted molar refractivity (Wildman–Crippen MR) is 85.2 cm³/mol. The molecule has 0 amide bonds. The molecule has 119 valence electrons. The van der Waals surface area contributed by atoms with Crippen molar-refractivity contribution in [1.82, 2.24) is 0 Å². The van der Waals surface area contributed by atoms with Crippen LogP contribution in [0.3, 0.4) is 0 Å². The van der Waals surface area contributed by atoms with Gasteiger partial charge in [-0.3, -0.25) is 0 Å². The Hall–Kier alpha value is 0.628. The van der Waals surface area contributed by atoms with E-state index in [0.717, 1.165) is 0 Å². The van der Waals surface area contributed by atoms with Crippen LogP contribution < -0.4 is 0 Å². The Morgan fingerprint density at radius 3 is 0.950 bits per heavy atom. The molecule has 0 aromatic rings. The SMILES string of the molecule is CO[Si](C)(C)OC([Si])(O[Si](C)(C)OC)O[Si](C)(C)OC. The molecule has 0 aromatic heterocycles. The fourth-order valence-electron chi connectivity index (χ4n) is 1.16. The fourth-order valence-corrected chi connectivity index (χ4v) is 6.06. The van der Waals surface area contributed by atoms with Gasteiger partial charge in [-0.2, -0.15) is 0 Å². The van der Waals surface area contributed by atoms with E-state index in [-0.39, 0.29) is 0 Å². The van der Waals surface area contributed by atoms with Crippen molar-refractivity contribution in [2.75, 3.05) is 21.3 Å². The third kappa shape index (κ3) is 7.58. The Bertz CT molecular complexity index is 265. The monoisotopic (exact) mass is 355 g/mol. The van der Waals surface area contributed by atoms with Crippen LogP contribution in [0.5, 0.6) is 0 Å². The average Bonchev–Trinajstić information content (AvgIpc) is 2.26. The molecule has 3 radical (unpaired) electrons. The van der Waals surface area contributed by atoms with E-state index in [1.54, 1.807) is 21.3 Å². The Morgan fingerprint density at radius 2 is 0.800 bits per heavy atom. The summed E-state index contributed by atoms with van der Waals surface area (Å²) in [6.45, 7) is 11.4. The summed E-state index contributed by atoms with van der Waals surface area (Å²) in [6.07, 6.45) is 0. The molecule has 0 bridgehead atoms. The molecular formula is C10H27O6Si4. The fraction of sp³-hybridized carbons (Fsp3) is 1.00. The quantitative estimate of drug-likeness (QED) is 0.465. The van der Waals surface area contributed by atoms with Crippen molar-refractivity contribution in [1.29, 1.82) is 0 Å². The van der Waals surface area contributed by atoms with Gasteiger partial charge in [-0.05, 0) is 39.3 Å². The van der Waals surface area contributed by atoms with Crippen molar-refractivity contribution in [3.63, 3.8) is 0 Å². The Morgan fingerprint density at radius 1 is 0.600 bits per heavy atom. The summed E-state index contributed by atoms with van der Waals surface area (Å²) in [6, 6.07) is 0. The standard InChI is InChI=1S/C10H27O6Si4/c1-11-18(4,5)14-10(17,15-19(6,7)12-2)16-20(8,9)13-3/h1-9H3. The largest absolute Gasteiger partial charge is 0.398 e. The van der Waals surface area contributed by atoms with Crippen LogP contribution >= 0.6 is 0 Å². The molecule has 0 atom stereocenters. The summed E-state index contributed by atoms with van der Waals surface area (Å²) in [5.74, 6) is 0. The highest BCUT2D eigenvalue weighted by Gasteiger charge is 2.46. The van der Waals surface area contributed by atoms with Crippen LogP contribution in [0.25, 0.3) is 0 Å². The molecule has 0 N–H and O–H groups in total. The molecule has 0 aromatic carbocycles. The van der Waals surface area contributed by atoms with Gasteiger partial charge in [0.1, 0.15) is 0 Å². The van der Waals surface area contributed by atoms with Crippen LogP contribution in [0.1, 0.15) is 0 Å². The van der Waals surface area contributed by atoms with Crippen LogP contribution in [0, 0.1) is 0 Å². The third-order valence-electron chi connectivity index (χ3n) is 2.62. The van der Waals surface area contributed by atoms with Gasteiger partial charge in [0.2, 0.25) is 5.60 Å². The number of hydrogen-bond acceptors (Lipinski definition) is 6. The van der Waals surface area contributed by atoms with E-state index in [9.17, 15) is 0 Å². The second-order valence-corrected chi connectivity index (χ2v) is 16.5. The zero-order valence-corrected chi connectivity index (χ0v) is 17.9. The van der Waals surface area contributed by atoms with Gasteiger partial charge in [0.15, 0.2) is 10.2 Å². The second-order valence-electron chi connectivity index (χ2n) is 5.67. The molecule has 0 aliphatic rings. The first-order valence-electron chi connectivity index (χ1n) is 6.31. The first-order valence-corrected chi connectivity index (χ1v) is 15.3. The van der Waals surface area contributed by atoms with Crippen molar-refractivity contribution in [2.45, 2.75) is 44.9 Å². The van der Waals surface area contributed by atoms with Crippen LogP contribution in [0.4, 0.5) is 0 Å². The van der Waals surface area contributed by atoms with Crippen LogP contribution in [0.15, 0.2) is 0 Å². The molecule has 20 heavy (non-hydrogen) atoms. The lowest BCUT2D eigenvalue weighted by atomic mass is 11.3. The van der Waals surface area contributed by atoms with Gasteiger partial charge in [0.25, 0.3) is 0 Å². The second kappa shape index (κ2) is 7.26. The summed E-state index contributed by atoms with van der Waals surface area (Å²) in [5.41, 5.74) is -1.43. The van der Waals surface area contributed by atoms with E-state index >= 15 is 0 Å². The van der Waals surface area contributed by atoms with E-state index in [4.69, 9.17) is 26.6 Å². The van der Waals surface area contributed by atoms with E-state index in [1.807, 2.05) is 39.3 Å². The maximum absolute atomic E-state index is 5.95. The summed E-state index contributed by atoms with van der Waals surface area (Å²) < 4.78 is 34.0. The van der Waals surface area contributed by atoms with Gasteiger partial charge < -0.3 is 26.6 Å². The highest BCUT2D eigenvalue weighted by atomic mass is 28.4. The van der Waals surface area contributed by atoms with Crippen molar-refractivity contribution in [3.05, 3.63) is 0 Å². The molecule has 10 heteroatoms. The molecule has 0 saturated carbocycles. The molecule has 0 saturated heterocycles. The van der Waals surface area contributed by atoms with Gasteiger partial charge in [-0.1, -0.05) is 0 Å². The Kier molecular flexibility index (Phi) is 7.49. The lowest BCUT2D eigenvalue weighted by molar-refractivity contribution is -0.223. The van der Waals surface area contributed by atoms with Crippen LogP contribution in [-0.4, -0.2) is 62.9 Å². The molecular weight excluding hydrogens is 328 g/mol. The van der Waals surface area contributed by atoms with Crippen LogP contribution in [0.2, 0.25) is 39.3 Å². The molecule has 0 fully saturated rings. The topological polar surface area (TPSA) is 55.4 Å². The van der Waals surface area contributed by atoms with Crippen molar-refractivity contribution < 1.29 is 26.6 Å². The minimum Gasteiger partial charge on any atom is -0.398 e. The summed E-state index contributed by atoms with van der Waals surface area (Å²) in [4.78, 5) is 0. The lowest BCUT2D eigenvalue weighted by Gasteiger charge is -2.43. The van der Waals surface area contributed by atoms with Crippen molar-refractivity contribution in [3.8, 4) is 0 Å². The zero-order chi connectivity index (χ0) is 16.2. The minimum atomic E-state index is -2.40. The van der Waals surface area contributed by atoms with E-state index in [2.05, 4.69) is 10.2 Å². The zero-order valence-electron chi connectivity index (χ0n) is 13.9. The summed E-state index contributed by atoms with van der Waals surface area (Å²) >= 11 is 0. The van der Waals surface area contributed by atoms with Gasteiger partial charge in [-0.25, -0.2) is 0 Å².